The average molecular weight is 325 g/mol. The van der Waals surface area contributed by atoms with Crippen LogP contribution < -0.4 is 5.32 Å². The van der Waals surface area contributed by atoms with Crippen molar-refractivity contribution in [1.82, 2.24) is 5.32 Å². The zero-order valence-electron chi connectivity index (χ0n) is 12.3. The zero-order valence-corrected chi connectivity index (χ0v) is 13.1. The molecule has 6 nitrogen and oxygen atoms in total. The highest BCUT2D eigenvalue weighted by Gasteiger charge is 2.47. The van der Waals surface area contributed by atoms with Crippen LogP contribution in [0.2, 0.25) is 0 Å². The number of amides is 1. The number of aliphatic carboxylic acids is 1. The van der Waals surface area contributed by atoms with Crippen LogP contribution in [0.1, 0.15) is 30.9 Å². The van der Waals surface area contributed by atoms with Gasteiger partial charge in [0.2, 0.25) is 5.91 Å². The van der Waals surface area contributed by atoms with E-state index in [0.717, 1.165) is 6.26 Å². The lowest BCUT2D eigenvalue weighted by atomic mass is 10.0. The van der Waals surface area contributed by atoms with E-state index < -0.39 is 33.2 Å². The predicted octanol–water partition coefficient (Wildman–Crippen LogP) is 1.14. The van der Waals surface area contributed by atoms with Crippen molar-refractivity contribution in [3.8, 4) is 0 Å². The molecule has 0 aliphatic heterocycles. The smallest absolute Gasteiger partial charge is 0.330 e. The molecule has 0 heterocycles. The Bertz CT molecular complexity index is 664. The molecular weight excluding hydrogens is 306 g/mol. The van der Waals surface area contributed by atoms with Crippen molar-refractivity contribution in [1.29, 1.82) is 0 Å². The maximum Gasteiger partial charge on any atom is 0.330 e. The average Bonchev–Trinajstić information content (AvgIpc) is 3.13. The van der Waals surface area contributed by atoms with Crippen LogP contribution in [0.4, 0.5) is 0 Å². The number of sulfone groups is 1. The minimum Gasteiger partial charge on any atom is -0.479 e. The summed E-state index contributed by atoms with van der Waals surface area (Å²) in [6.45, 7) is 0. The third-order valence-corrected chi connectivity index (χ3v) is 4.88. The summed E-state index contributed by atoms with van der Waals surface area (Å²) in [7, 11) is -3.16. The van der Waals surface area contributed by atoms with Gasteiger partial charge in [0.15, 0.2) is 6.04 Å². The van der Waals surface area contributed by atoms with Crippen molar-refractivity contribution >= 4 is 21.7 Å². The van der Waals surface area contributed by atoms with Crippen molar-refractivity contribution < 1.29 is 23.1 Å². The normalized spacial score (nSPS) is 17.5. The van der Waals surface area contributed by atoms with Crippen molar-refractivity contribution in [2.75, 3.05) is 12.0 Å². The van der Waals surface area contributed by atoms with E-state index in [4.69, 9.17) is 0 Å². The zero-order chi connectivity index (χ0) is 16.4. The van der Waals surface area contributed by atoms with E-state index in [0.29, 0.717) is 18.4 Å². The molecule has 1 saturated carbocycles. The molecule has 7 heteroatoms. The number of hydrogen-bond acceptors (Lipinski definition) is 4. The molecule has 1 aliphatic rings. The lowest BCUT2D eigenvalue weighted by molar-refractivity contribution is -0.142. The number of hydrogen-bond donors (Lipinski definition) is 2. The van der Waals surface area contributed by atoms with Gasteiger partial charge in [-0.2, -0.15) is 0 Å². The highest BCUT2D eigenvalue weighted by molar-refractivity contribution is 7.90. The molecule has 2 rings (SSSR count). The summed E-state index contributed by atoms with van der Waals surface area (Å²) in [5.41, 5.74) is -0.0338. The van der Waals surface area contributed by atoms with E-state index >= 15 is 0 Å². The van der Waals surface area contributed by atoms with Crippen LogP contribution in [0.15, 0.2) is 30.3 Å². The van der Waals surface area contributed by atoms with Gasteiger partial charge in [-0.25, -0.2) is 13.2 Å². The maximum atomic E-state index is 12.1. The van der Waals surface area contributed by atoms with Gasteiger partial charge in [-0.15, -0.1) is 0 Å². The number of carbonyl (C=O) groups is 2. The fraction of sp³-hybridized carbons (Fsp3) is 0.467. The first-order valence-corrected chi connectivity index (χ1v) is 9.02. The van der Waals surface area contributed by atoms with E-state index in [1.54, 1.807) is 30.3 Å². The fourth-order valence-electron chi connectivity index (χ4n) is 2.59. The summed E-state index contributed by atoms with van der Waals surface area (Å²) in [6, 6.07) is 7.29. The van der Waals surface area contributed by atoms with Gasteiger partial charge in [-0.3, -0.25) is 4.79 Å². The second kappa shape index (κ2) is 6.08. The highest BCUT2D eigenvalue weighted by atomic mass is 32.2. The molecule has 1 amide bonds. The largest absolute Gasteiger partial charge is 0.479 e. The summed E-state index contributed by atoms with van der Waals surface area (Å²) in [5, 5.41) is 11.7. The first-order chi connectivity index (χ1) is 10.2. The van der Waals surface area contributed by atoms with Crippen molar-refractivity contribution in [2.45, 2.75) is 25.3 Å². The van der Waals surface area contributed by atoms with Crippen molar-refractivity contribution in [3.05, 3.63) is 35.9 Å². The van der Waals surface area contributed by atoms with Crippen LogP contribution in [-0.4, -0.2) is 37.4 Å². The Hall–Kier alpha value is -1.89. The second-order valence-corrected chi connectivity index (χ2v) is 8.14. The standard InChI is InChI=1S/C15H19NO5S/c1-22(20,21)10-15(7-8-15)9-12(17)16-13(14(18)19)11-5-3-2-4-6-11/h2-6,13H,7-10H2,1H3,(H,16,17)(H,18,19). The van der Waals surface area contributed by atoms with Gasteiger partial charge < -0.3 is 10.4 Å². The highest BCUT2D eigenvalue weighted by Crippen LogP contribution is 2.49. The minimum absolute atomic E-state index is 0.0313. The second-order valence-electron chi connectivity index (χ2n) is 6.00. The number of rotatable bonds is 7. The van der Waals surface area contributed by atoms with Crippen LogP contribution in [-0.2, 0) is 19.4 Å². The van der Waals surface area contributed by atoms with Gasteiger partial charge in [0.25, 0.3) is 0 Å². The first-order valence-electron chi connectivity index (χ1n) is 6.96. The molecule has 0 saturated heterocycles. The molecule has 1 aromatic rings. The molecule has 1 atom stereocenters. The molecular formula is C15H19NO5S. The Labute approximate surface area is 129 Å². The van der Waals surface area contributed by atoms with Crippen molar-refractivity contribution in [2.24, 2.45) is 5.41 Å². The van der Waals surface area contributed by atoms with E-state index in [1.165, 1.54) is 0 Å². The summed E-state index contributed by atoms with van der Waals surface area (Å²) in [4.78, 5) is 23.4. The third-order valence-electron chi connectivity index (χ3n) is 3.75. The number of nitrogens with one attached hydrogen (secondary N) is 1. The lowest BCUT2D eigenvalue weighted by Crippen LogP contribution is -2.35. The number of carboxylic acid groups (broad SMARTS) is 1. The Balaban J connectivity index is 2.03. The SMILES string of the molecule is CS(=O)(=O)CC1(CC(=O)NC(C(=O)O)c2ccccc2)CC1. The first kappa shape index (κ1) is 16.5. The Kier molecular flexibility index (Phi) is 4.55. The summed E-state index contributed by atoms with van der Waals surface area (Å²) in [6.07, 6.45) is 2.54. The van der Waals surface area contributed by atoms with Crippen LogP contribution in [0, 0.1) is 5.41 Å². The third kappa shape index (κ3) is 4.56. The van der Waals surface area contributed by atoms with Gasteiger partial charge in [-0.05, 0) is 23.8 Å². The number of benzene rings is 1. The molecule has 1 aliphatic carbocycles. The molecule has 2 N–H and O–H groups in total. The molecule has 1 fully saturated rings. The molecule has 0 bridgehead atoms. The number of carbonyl (C=O) groups excluding carboxylic acids is 1. The van der Waals surface area contributed by atoms with Crippen LogP contribution >= 0.6 is 0 Å². The van der Waals surface area contributed by atoms with Crippen LogP contribution in [0.25, 0.3) is 0 Å². The van der Waals surface area contributed by atoms with E-state index in [9.17, 15) is 23.1 Å². The molecule has 120 valence electrons. The Morgan fingerprint density at radius 1 is 1.27 bits per heavy atom. The van der Waals surface area contributed by atoms with Gasteiger partial charge in [0, 0.05) is 12.7 Å². The summed E-state index contributed by atoms with van der Waals surface area (Å²) < 4.78 is 22.8. The van der Waals surface area contributed by atoms with Gasteiger partial charge in [0.05, 0.1) is 5.75 Å². The fourth-order valence-corrected chi connectivity index (χ4v) is 4.09. The molecule has 0 spiro atoms. The minimum atomic E-state index is -3.16. The molecule has 0 radical (unpaired) electrons. The van der Waals surface area contributed by atoms with Crippen LogP contribution in [0.5, 0.6) is 0 Å². The van der Waals surface area contributed by atoms with Crippen LogP contribution in [0.3, 0.4) is 0 Å². The van der Waals surface area contributed by atoms with E-state index in [-0.39, 0.29) is 12.2 Å². The Morgan fingerprint density at radius 3 is 2.32 bits per heavy atom. The van der Waals surface area contributed by atoms with Crippen molar-refractivity contribution in [3.63, 3.8) is 0 Å². The van der Waals surface area contributed by atoms with E-state index in [1.807, 2.05) is 0 Å². The topological polar surface area (TPSA) is 101 Å². The monoisotopic (exact) mass is 325 g/mol. The van der Waals surface area contributed by atoms with Gasteiger partial charge >= 0.3 is 5.97 Å². The van der Waals surface area contributed by atoms with E-state index in [2.05, 4.69) is 5.32 Å². The quantitative estimate of drug-likeness (QED) is 0.783. The lowest BCUT2D eigenvalue weighted by Gasteiger charge is -2.18. The molecule has 0 aromatic heterocycles. The molecule has 1 aromatic carbocycles. The molecule has 22 heavy (non-hydrogen) atoms. The summed E-state index contributed by atoms with van der Waals surface area (Å²) in [5.74, 6) is -1.61. The summed E-state index contributed by atoms with van der Waals surface area (Å²) >= 11 is 0. The molecule has 1 unspecified atom stereocenters. The number of carboxylic acids is 1. The predicted molar refractivity (Wildman–Crippen MR) is 81.0 cm³/mol. The maximum absolute atomic E-state index is 12.1. The van der Waals surface area contributed by atoms with Gasteiger partial charge in [0.1, 0.15) is 9.84 Å². The Morgan fingerprint density at radius 2 is 1.86 bits per heavy atom. The van der Waals surface area contributed by atoms with Gasteiger partial charge in [-0.1, -0.05) is 30.3 Å².